The van der Waals surface area contributed by atoms with E-state index in [1.165, 1.54) is 23.9 Å². The Morgan fingerprint density at radius 1 is 1.16 bits per heavy atom. The zero-order valence-electron chi connectivity index (χ0n) is 13.2. The number of fused-ring (bicyclic) bond motifs is 1. The first kappa shape index (κ1) is 17.0. The number of carboxylic acids is 1. The van der Waals surface area contributed by atoms with Gasteiger partial charge in [0.1, 0.15) is 0 Å². The van der Waals surface area contributed by atoms with Crippen molar-refractivity contribution in [2.75, 3.05) is 5.32 Å². The number of hydrogen-bond acceptors (Lipinski definition) is 4. The number of carbonyl (C=O) groups is 3. The smallest absolute Gasteiger partial charge is 0.335 e. The molecule has 25 heavy (non-hydrogen) atoms. The molecule has 1 aliphatic heterocycles. The van der Waals surface area contributed by atoms with Crippen molar-refractivity contribution in [3.63, 3.8) is 0 Å². The van der Waals surface area contributed by atoms with Gasteiger partial charge in [-0.2, -0.15) is 0 Å². The number of rotatable bonds is 5. The summed E-state index contributed by atoms with van der Waals surface area (Å²) in [7, 11) is 0. The van der Waals surface area contributed by atoms with Crippen LogP contribution in [0.15, 0.2) is 53.4 Å². The lowest BCUT2D eigenvalue weighted by Crippen LogP contribution is -2.34. The fraction of sp³-hybridized carbons (Fsp3) is 0.167. The zero-order valence-corrected chi connectivity index (χ0v) is 14.0. The molecule has 2 amide bonds. The van der Waals surface area contributed by atoms with Gasteiger partial charge in [-0.3, -0.25) is 9.59 Å². The number of amides is 2. The maximum atomic E-state index is 12.1. The van der Waals surface area contributed by atoms with Crippen molar-refractivity contribution < 1.29 is 19.5 Å². The lowest BCUT2D eigenvalue weighted by molar-refractivity contribution is -0.124. The highest BCUT2D eigenvalue weighted by atomic mass is 32.2. The molecule has 2 aromatic carbocycles. The Morgan fingerprint density at radius 2 is 1.96 bits per heavy atom. The summed E-state index contributed by atoms with van der Waals surface area (Å²) in [6, 6.07) is 13.8. The quantitative estimate of drug-likeness (QED) is 0.765. The fourth-order valence-electron chi connectivity index (χ4n) is 2.48. The van der Waals surface area contributed by atoms with E-state index in [2.05, 4.69) is 10.6 Å². The molecule has 3 N–H and O–H groups in total. The van der Waals surface area contributed by atoms with E-state index < -0.39 is 11.2 Å². The van der Waals surface area contributed by atoms with Crippen LogP contribution in [0.25, 0.3) is 0 Å². The predicted molar refractivity (Wildman–Crippen MR) is 94.6 cm³/mol. The number of benzene rings is 2. The molecule has 0 spiro atoms. The Kier molecular flexibility index (Phi) is 5.04. The monoisotopic (exact) mass is 356 g/mol. The fourth-order valence-corrected chi connectivity index (χ4v) is 3.59. The summed E-state index contributed by atoms with van der Waals surface area (Å²) in [6.07, 6.45) is 0.0590. The van der Waals surface area contributed by atoms with Crippen LogP contribution >= 0.6 is 11.8 Å². The number of carboxylic acid groups (broad SMARTS) is 1. The molecule has 3 rings (SSSR count). The number of nitrogens with one attached hydrogen (secondary N) is 2. The van der Waals surface area contributed by atoms with Gasteiger partial charge in [-0.05, 0) is 29.8 Å². The molecule has 0 fully saturated rings. The third kappa shape index (κ3) is 4.19. The van der Waals surface area contributed by atoms with E-state index in [1.807, 2.05) is 24.3 Å². The first-order valence-electron chi connectivity index (χ1n) is 7.68. The van der Waals surface area contributed by atoms with Crippen LogP contribution in [-0.2, 0) is 16.1 Å². The minimum absolute atomic E-state index is 0.0590. The van der Waals surface area contributed by atoms with Crippen molar-refractivity contribution in [2.45, 2.75) is 23.1 Å². The van der Waals surface area contributed by atoms with Crippen LogP contribution < -0.4 is 10.6 Å². The van der Waals surface area contributed by atoms with Crippen LogP contribution in [0.5, 0.6) is 0 Å². The number of para-hydroxylation sites is 1. The zero-order chi connectivity index (χ0) is 17.8. The van der Waals surface area contributed by atoms with Gasteiger partial charge in [0.15, 0.2) is 0 Å². The van der Waals surface area contributed by atoms with Gasteiger partial charge in [-0.1, -0.05) is 24.3 Å². The van der Waals surface area contributed by atoms with Gasteiger partial charge in [-0.15, -0.1) is 11.8 Å². The van der Waals surface area contributed by atoms with Crippen molar-refractivity contribution in [2.24, 2.45) is 0 Å². The molecule has 0 bridgehead atoms. The molecular formula is C18H16N2O4S. The molecule has 128 valence electrons. The van der Waals surface area contributed by atoms with Crippen molar-refractivity contribution in [1.29, 1.82) is 0 Å². The maximum Gasteiger partial charge on any atom is 0.335 e. The third-order valence-corrected chi connectivity index (χ3v) is 5.02. The number of anilines is 1. The summed E-state index contributed by atoms with van der Waals surface area (Å²) in [4.78, 5) is 36.1. The maximum absolute atomic E-state index is 12.1. The summed E-state index contributed by atoms with van der Waals surface area (Å²) >= 11 is 1.37. The predicted octanol–water partition coefficient (Wildman–Crippen LogP) is 2.50. The van der Waals surface area contributed by atoms with E-state index >= 15 is 0 Å². The second kappa shape index (κ2) is 7.40. The van der Waals surface area contributed by atoms with Gasteiger partial charge >= 0.3 is 5.97 Å². The van der Waals surface area contributed by atoms with E-state index in [0.29, 0.717) is 5.56 Å². The topological polar surface area (TPSA) is 95.5 Å². The molecule has 0 saturated carbocycles. The molecule has 1 atom stereocenters. The average molecular weight is 356 g/mol. The van der Waals surface area contributed by atoms with Gasteiger partial charge < -0.3 is 15.7 Å². The van der Waals surface area contributed by atoms with Crippen molar-refractivity contribution in [3.05, 3.63) is 59.7 Å². The Morgan fingerprint density at radius 3 is 2.76 bits per heavy atom. The molecule has 0 saturated heterocycles. The van der Waals surface area contributed by atoms with Crippen molar-refractivity contribution >= 4 is 35.2 Å². The SMILES string of the molecule is O=C(C[C@H]1Sc2ccccc2NC1=O)NCc1cccc(C(=O)O)c1. The highest BCUT2D eigenvalue weighted by molar-refractivity contribution is 8.01. The van der Waals surface area contributed by atoms with Crippen LogP contribution in [0, 0.1) is 0 Å². The first-order chi connectivity index (χ1) is 12.0. The lowest BCUT2D eigenvalue weighted by atomic mass is 10.1. The second-order valence-electron chi connectivity index (χ2n) is 5.58. The summed E-state index contributed by atoms with van der Waals surface area (Å²) in [5.74, 6) is -1.46. The molecular weight excluding hydrogens is 340 g/mol. The van der Waals surface area contributed by atoms with Crippen molar-refractivity contribution in [1.82, 2.24) is 5.32 Å². The molecule has 0 aliphatic carbocycles. The average Bonchev–Trinajstić information content (AvgIpc) is 2.61. The van der Waals surface area contributed by atoms with Gasteiger partial charge in [0.05, 0.1) is 16.5 Å². The van der Waals surface area contributed by atoms with E-state index in [9.17, 15) is 14.4 Å². The standard InChI is InChI=1S/C18H16N2O4S/c21-16(19-10-11-4-3-5-12(8-11)18(23)24)9-15-17(22)20-13-6-1-2-7-14(13)25-15/h1-8,15H,9-10H2,(H,19,21)(H,20,22)(H,23,24)/t15-/m1/s1. The first-order valence-corrected chi connectivity index (χ1v) is 8.56. The van der Waals surface area contributed by atoms with Crippen molar-refractivity contribution in [3.8, 4) is 0 Å². The minimum atomic E-state index is -1.01. The molecule has 0 aromatic heterocycles. The summed E-state index contributed by atoms with van der Waals surface area (Å²) in [5.41, 5.74) is 1.63. The summed E-state index contributed by atoms with van der Waals surface area (Å²) < 4.78 is 0. The largest absolute Gasteiger partial charge is 0.478 e. The number of thioether (sulfide) groups is 1. The molecule has 1 heterocycles. The molecule has 7 heteroatoms. The minimum Gasteiger partial charge on any atom is -0.478 e. The second-order valence-corrected chi connectivity index (χ2v) is 6.82. The Hall–Kier alpha value is -2.80. The molecule has 1 aliphatic rings. The summed E-state index contributed by atoms with van der Waals surface area (Å²) in [5, 5.41) is 14.0. The van der Waals surface area contributed by atoms with E-state index in [-0.39, 0.29) is 30.3 Å². The normalized spacial score (nSPS) is 15.8. The Bertz CT molecular complexity index is 837. The third-order valence-electron chi connectivity index (χ3n) is 3.74. The van der Waals surface area contributed by atoms with Crippen LogP contribution in [0.1, 0.15) is 22.3 Å². The van der Waals surface area contributed by atoms with Crippen LogP contribution in [0.4, 0.5) is 5.69 Å². The van der Waals surface area contributed by atoms with E-state index in [1.54, 1.807) is 12.1 Å². The lowest BCUT2D eigenvalue weighted by Gasteiger charge is -2.23. The van der Waals surface area contributed by atoms with E-state index in [4.69, 9.17) is 5.11 Å². The van der Waals surface area contributed by atoms with E-state index in [0.717, 1.165) is 10.6 Å². The van der Waals surface area contributed by atoms with Gasteiger partial charge in [0, 0.05) is 17.9 Å². The molecule has 6 nitrogen and oxygen atoms in total. The van der Waals surface area contributed by atoms with Gasteiger partial charge in [0.25, 0.3) is 0 Å². The number of aromatic carboxylic acids is 1. The highest BCUT2D eigenvalue weighted by Gasteiger charge is 2.28. The molecule has 2 aromatic rings. The van der Waals surface area contributed by atoms with Gasteiger partial charge in [-0.25, -0.2) is 4.79 Å². The van der Waals surface area contributed by atoms with Crippen LogP contribution in [0.2, 0.25) is 0 Å². The summed E-state index contributed by atoms with van der Waals surface area (Å²) in [6.45, 7) is 0.218. The molecule has 0 unspecified atom stereocenters. The molecule has 0 radical (unpaired) electrons. The Balaban J connectivity index is 1.57. The highest BCUT2D eigenvalue weighted by Crippen LogP contribution is 2.36. The van der Waals surface area contributed by atoms with Crippen LogP contribution in [0.3, 0.4) is 0 Å². The number of hydrogen-bond donors (Lipinski definition) is 3. The number of carbonyl (C=O) groups excluding carboxylic acids is 2. The Labute approximate surface area is 148 Å². The van der Waals surface area contributed by atoms with Gasteiger partial charge in [0.2, 0.25) is 11.8 Å². The van der Waals surface area contributed by atoms with Crippen LogP contribution in [-0.4, -0.2) is 28.1 Å².